The van der Waals surface area contributed by atoms with E-state index in [1.807, 2.05) is 0 Å². The molecule has 0 spiro atoms. The molecule has 0 aliphatic rings. The topological polar surface area (TPSA) is 69.2 Å². The summed E-state index contributed by atoms with van der Waals surface area (Å²) in [7, 11) is 0. The van der Waals surface area contributed by atoms with Crippen LogP contribution >= 0.6 is 23.2 Å². The Labute approximate surface area is 129 Å². The van der Waals surface area contributed by atoms with E-state index in [4.69, 9.17) is 27.6 Å². The van der Waals surface area contributed by atoms with Crippen molar-refractivity contribution in [3.63, 3.8) is 0 Å². The zero-order chi connectivity index (χ0) is 15.1. The number of halogens is 2. The lowest BCUT2D eigenvalue weighted by Gasteiger charge is -1.98. The minimum Gasteiger partial charge on any atom is -0.436 e. The van der Waals surface area contributed by atoms with E-state index in [0.717, 1.165) is 0 Å². The van der Waals surface area contributed by atoms with Gasteiger partial charge < -0.3 is 4.42 Å². The van der Waals surface area contributed by atoms with Gasteiger partial charge in [-0.25, -0.2) is 4.98 Å². The number of aromatic nitrogens is 1. The van der Waals surface area contributed by atoms with Gasteiger partial charge in [0.2, 0.25) is 5.89 Å². The van der Waals surface area contributed by atoms with Gasteiger partial charge in [0.25, 0.3) is 5.69 Å². The summed E-state index contributed by atoms with van der Waals surface area (Å²) in [5.74, 6) is 0.340. The van der Waals surface area contributed by atoms with Crippen LogP contribution in [0.4, 0.5) is 5.69 Å². The highest BCUT2D eigenvalue weighted by Crippen LogP contribution is 2.32. The number of nitro benzene ring substituents is 1. The Balaban J connectivity index is 2.18. The zero-order valence-electron chi connectivity index (χ0n) is 10.8. The molecule has 7 heteroatoms. The number of aryl methyl sites for hydroxylation is 1. The number of non-ortho nitro benzene ring substituents is 1. The SMILES string of the molecule is Cc1cc([N+](=O)[O-])cc2nc(-c3ccc(Cl)c(Cl)c3)oc12. The molecule has 2 aromatic carbocycles. The molecule has 106 valence electrons. The number of benzene rings is 2. The largest absolute Gasteiger partial charge is 0.436 e. The Kier molecular flexibility index (Phi) is 3.31. The van der Waals surface area contributed by atoms with Gasteiger partial charge in [-0.15, -0.1) is 0 Å². The molecule has 0 saturated carbocycles. The van der Waals surface area contributed by atoms with Crippen LogP contribution in [0.25, 0.3) is 22.6 Å². The number of nitro groups is 1. The third kappa shape index (κ3) is 2.46. The van der Waals surface area contributed by atoms with Crippen LogP contribution in [0.2, 0.25) is 10.0 Å². The standard InChI is InChI=1S/C14H8Cl2N2O3/c1-7-4-9(18(19)20)6-12-13(7)21-14(17-12)8-2-3-10(15)11(16)5-8/h2-6H,1H3. The Morgan fingerprint density at radius 3 is 2.62 bits per heavy atom. The minimum atomic E-state index is -0.458. The first-order valence-corrected chi connectivity index (χ1v) is 6.72. The van der Waals surface area contributed by atoms with Crippen LogP contribution in [0.15, 0.2) is 34.7 Å². The normalized spacial score (nSPS) is 11.0. The molecule has 0 radical (unpaired) electrons. The second kappa shape index (κ2) is 5.02. The molecule has 0 amide bonds. The van der Waals surface area contributed by atoms with E-state index in [0.29, 0.717) is 38.2 Å². The van der Waals surface area contributed by atoms with Gasteiger partial charge in [-0.3, -0.25) is 10.1 Å². The van der Waals surface area contributed by atoms with Crippen LogP contribution in [0.1, 0.15) is 5.56 Å². The summed E-state index contributed by atoms with van der Waals surface area (Å²) < 4.78 is 5.68. The second-order valence-corrected chi connectivity index (χ2v) is 5.33. The molecule has 3 aromatic rings. The van der Waals surface area contributed by atoms with E-state index in [9.17, 15) is 10.1 Å². The number of hydrogen-bond acceptors (Lipinski definition) is 4. The molecule has 0 aliphatic heterocycles. The summed E-state index contributed by atoms with van der Waals surface area (Å²) in [4.78, 5) is 14.7. The summed E-state index contributed by atoms with van der Waals surface area (Å²) in [5, 5.41) is 11.7. The van der Waals surface area contributed by atoms with E-state index >= 15 is 0 Å². The minimum absolute atomic E-state index is 0.0195. The highest BCUT2D eigenvalue weighted by molar-refractivity contribution is 6.42. The van der Waals surface area contributed by atoms with Crippen LogP contribution in [0.5, 0.6) is 0 Å². The molecule has 5 nitrogen and oxygen atoms in total. The lowest BCUT2D eigenvalue weighted by atomic mass is 10.2. The average molecular weight is 323 g/mol. The molecular weight excluding hydrogens is 315 g/mol. The van der Waals surface area contributed by atoms with Gasteiger partial charge >= 0.3 is 0 Å². The van der Waals surface area contributed by atoms with Gasteiger partial charge in [-0.1, -0.05) is 23.2 Å². The average Bonchev–Trinajstić information content (AvgIpc) is 2.86. The third-order valence-corrected chi connectivity index (χ3v) is 3.78. The molecule has 0 unspecified atom stereocenters. The predicted octanol–water partition coefficient (Wildman–Crippen LogP) is 5.02. The van der Waals surface area contributed by atoms with E-state index in [1.54, 1.807) is 25.1 Å². The summed E-state index contributed by atoms with van der Waals surface area (Å²) in [5.41, 5.74) is 2.24. The first-order chi connectivity index (χ1) is 9.95. The van der Waals surface area contributed by atoms with Crippen molar-refractivity contribution in [3.05, 3.63) is 56.1 Å². The molecule has 1 heterocycles. The van der Waals surface area contributed by atoms with Gasteiger partial charge in [0.15, 0.2) is 5.58 Å². The van der Waals surface area contributed by atoms with Crippen LogP contribution in [0, 0.1) is 17.0 Å². The monoisotopic (exact) mass is 322 g/mol. The number of fused-ring (bicyclic) bond motifs is 1. The van der Waals surface area contributed by atoms with Crippen LogP contribution in [-0.2, 0) is 0 Å². The molecule has 3 rings (SSSR count). The van der Waals surface area contributed by atoms with Gasteiger partial charge in [0.1, 0.15) is 5.52 Å². The van der Waals surface area contributed by atoms with Crippen molar-refractivity contribution >= 4 is 40.0 Å². The van der Waals surface area contributed by atoms with E-state index < -0.39 is 4.92 Å². The van der Waals surface area contributed by atoms with Crippen molar-refractivity contribution < 1.29 is 9.34 Å². The molecular formula is C14H8Cl2N2O3. The van der Waals surface area contributed by atoms with Crippen molar-refractivity contribution in [2.45, 2.75) is 6.92 Å². The smallest absolute Gasteiger partial charge is 0.272 e. The first kappa shape index (κ1) is 13.9. The molecule has 0 atom stereocenters. The third-order valence-electron chi connectivity index (χ3n) is 3.04. The maximum absolute atomic E-state index is 10.9. The molecule has 0 aliphatic carbocycles. The molecule has 1 aromatic heterocycles. The Morgan fingerprint density at radius 1 is 1.19 bits per heavy atom. The summed E-state index contributed by atoms with van der Waals surface area (Å²) in [6, 6.07) is 7.84. The van der Waals surface area contributed by atoms with E-state index in [-0.39, 0.29) is 5.69 Å². The fourth-order valence-electron chi connectivity index (χ4n) is 2.04. The Hall–Kier alpha value is -2.11. The van der Waals surface area contributed by atoms with Gasteiger partial charge in [0, 0.05) is 23.3 Å². The van der Waals surface area contributed by atoms with E-state index in [2.05, 4.69) is 4.98 Å². The van der Waals surface area contributed by atoms with Crippen LogP contribution < -0.4 is 0 Å². The maximum atomic E-state index is 10.9. The van der Waals surface area contributed by atoms with Gasteiger partial charge in [-0.05, 0) is 25.1 Å². The van der Waals surface area contributed by atoms with Crippen LogP contribution in [0.3, 0.4) is 0 Å². The number of hydrogen-bond donors (Lipinski definition) is 0. The number of oxazole rings is 1. The first-order valence-electron chi connectivity index (χ1n) is 5.96. The van der Waals surface area contributed by atoms with Crippen molar-refractivity contribution in [3.8, 4) is 11.5 Å². The van der Waals surface area contributed by atoms with E-state index in [1.165, 1.54) is 12.1 Å². The highest BCUT2D eigenvalue weighted by Gasteiger charge is 2.16. The molecule has 0 bridgehead atoms. The molecule has 0 N–H and O–H groups in total. The fourth-order valence-corrected chi connectivity index (χ4v) is 2.34. The summed E-state index contributed by atoms with van der Waals surface area (Å²) >= 11 is 11.8. The fraction of sp³-hybridized carbons (Fsp3) is 0.0714. The second-order valence-electron chi connectivity index (χ2n) is 4.52. The van der Waals surface area contributed by atoms with Crippen molar-refractivity contribution in [2.24, 2.45) is 0 Å². The molecule has 0 fully saturated rings. The Bertz CT molecular complexity index is 874. The van der Waals surface area contributed by atoms with Crippen LogP contribution in [-0.4, -0.2) is 9.91 Å². The lowest BCUT2D eigenvalue weighted by Crippen LogP contribution is -1.88. The van der Waals surface area contributed by atoms with Gasteiger partial charge in [-0.2, -0.15) is 0 Å². The van der Waals surface area contributed by atoms with Crippen molar-refractivity contribution in [1.82, 2.24) is 4.98 Å². The lowest BCUT2D eigenvalue weighted by molar-refractivity contribution is -0.384. The Morgan fingerprint density at radius 2 is 1.95 bits per heavy atom. The quantitative estimate of drug-likeness (QED) is 0.490. The number of rotatable bonds is 2. The zero-order valence-corrected chi connectivity index (χ0v) is 12.3. The molecule has 21 heavy (non-hydrogen) atoms. The maximum Gasteiger partial charge on any atom is 0.272 e. The highest BCUT2D eigenvalue weighted by atomic mass is 35.5. The van der Waals surface area contributed by atoms with Crippen molar-refractivity contribution in [1.29, 1.82) is 0 Å². The molecule has 0 saturated heterocycles. The number of nitrogens with zero attached hydrogens (tertiary/aromatic N) is 2. The summed E-state index contributed by atoms with van der Waals surface area (Å²) in [6.07, 6.45) is 0. The van der Waals surface area contributed by atoms with Gasteiger partial charge in [0.05, 0.1) is 15.0 Å². The van der Waals surface area contributed by atoms with Crippen molar-refractivity contribution in [2.75, 3.05) is 0 Å². The summed E-state index contributed by atoms with van der Waals surface area (Å²) in [6.45, 7) is 1.74. The predicted molar refractivity (Wildman–Crippen MR) is 80.9 cm³/mol.